The number of methoxy groups -OCH3 is 2. The number of para-hydroxylation sites is 1. The number of thiocarbonyl (C=S) groups is 1. The molecule has 22 heavy (non-hydrogen) atoms. The van der Waals surface area contributed by atoms with Crippen molar-refractivity contribution in [3.8, 4) is 0 Å². The van der Waals surface area contributed by atoms with Crippen molar-refractivity contribution in [3.05, 3.63) is 29.8 Å². The van der Waals surface area contributed by atoms with E-state index in [1.165, 1.54) is 14.2 Å². The average molecular weight is 324 g/mol. The van der Waals surface area contributed by atoms with Gasteiger partial charge in [-0.15, -0.1) is 0 Å². The highest BCUT2D eigenvalue weighted by Gasteiger charge is 2.24. The zero-order chi connectivity index (χ0) is 16.7. The molecule has 7 heteroatoms. The fraction of sp³-hybridized carbons (Fsp3) is 0.400. The lowest BCUT2D eigenvalue weighted by Crippen LogP contribution is -2.46. The van der Waals surface area contributed by atoms with Crippen LogP contribution in [-0.4, -0.2) is 37.3 Å². The lowest BCUT2D eigenvalue weighted by atomic mass is 10.1. The van der Waals surface area contributed by atoms with Crippen LogP contribution in [-0.2, 0) is 14.3 Å². The molecule has 0 radical (unpaired) electrons. The monoisotopic (exact) mass is 324 g/mol. The quantitative estimate of drug-likeness (QED) is 0.633. The van der Waals surface area contributed by atoms with Crippen LogP contribution in [0.4, 0.5) is 5.69 Å². The molecular formula is C15H20N2O4S. The van der Waals surface area contributed by atoms with Crippen LogP contribution in [0.15, 0.2) is 24.3 Å². The molecule has 0 fully saturated rings. The number of ether oxygens (including phenoxy) is 2. The molecule has 1 aromatic rings. The van der Waals surface area contributed by atoms with Gasteiger partial charge in [-0.25, -0.2) is 9.59 Å². The molecule has 1 rings (SSSR count). The highest BCUT2D eigenvalue weighted by Crippen LogP contribution is 2.16. The van der Waals surface area contributed by atoms with Crippen molar-refractivity contribution in [2.75, 3.05) is 19.5 Å². The Morgan fingerprint density at radius 1 is 1.14 bits per heavy atom. The first-order valence-electron chi connectivity index (χ1n) is 6.73. The summed E-state index contributed by atoms with van der Waals surface area (Å²) in [6.45, 7) is 3.75. The Morgan fingerprint density at radius 3 is 2.32 bits per heavy atom. The number of nitrogens with one attached hydrogen (secondary N) is 2. The number of carbonyl (C=O) groups excluding carboxylic acids is 2. The third kappa shape index (κ3) is 4.70. The van der Waals surface area contributed by atoms with Crippen LogP contribution in [0.1, 0.15) is 24.2 Å². The van der Waals surface area contributed by atoms with Crippen LogP contribution in [0.25, 0.3) is 0 Å². The topological polar surface area (TPSA) is 76.7 Å². The number of benzene rings is 1. The van der Waals surface area contributed by atoms with Gasteiger partial charge in [-0.05, 0) is 30.3 Å². The van der Waals surface area contributed by atoms with Gasteiger partial charge in [0.1, 0.15) is 6.04 Å². The molecule has 1 aromatic carbocycles. The smallest absolute Gasteiger partial charge is 0.339 e. The van der Waals surface area contributed by atoms with Gasteiger partial charge in [0.05, 0.1) is 25.5 Å². The molecule has 2 N–H and O–H groups in total. The molecule has 0 amide bonds. The number of carbonyl (C=O) groups is 2. The minimum Gasteiger partial charge on any atom is -0.467 e. The second-order valence-electron chi connectivity index (χ2n) is 4.88. The van der Waals surface area contributed by atoms with Gasteiger partial charge in [0.2, 0.25) is 0 Å². The van der Waals surface area contributed by atoms with Gasteiger partial charge >= 0.3 is 11.9 Å². The fourth-order valence-electron chi connectivity index (χ4n) is 1.80. The number of esters is 2. The summed E-state index contributed by atoms with van der Waals surface area (Å²) in [7, 11) is 2.63. The van der Waals surface area contributed by atoms with E-state index in [1.54, 1.807) is 24.3 Å². The van der Waals surface area contributed by atoms with E-state index < -0.39 is 18.0 Å². The number of hydrogen-bond donors (Lipinski definition) is 2. The van der Waals surface area contributed by atoms with E-state index >= 15 is 0 Å². The summed E-state index contributed by atoms with van der Waals surface area (Å²) < 4.78 is 9.46. The van der Waals surface area contributed by atoms with E-state index in [-0.39, 0.29) is 11.0 Å². The van der Waals surface area contributed by atoms with Crippen molar-refractivity contribution in [1.29, 1.82) is 0 Å². The van der Waals surface area contributed by atoms with Crippen LogP contribution in [0.3, 0.4) is 0 Å². The molecule has 0 saturated carbocycles. The molecule has 6 nitrogen and oxygen atoms in total. The van der Waals surface area contributed by atoms with Crippen molar-refractivity contribution in [2.24, 2.45) is 5.92 Å². The summed E-state index contributed by atoms with van der Waals surface area (Å²) in [5.41, 5.74) is 0.854. The molecule has 0 spiro atoms. The maximum Gasteiger partial charge on any atom is 0.339 e. The standard InChI is InChI=1S/C15H20N2O4S/c1-9(2)12(14(19)21-4)17-15(22)16-11-8-6-5-7-10(11)13(18)20-3/h5-9,12H,1-4H3,(H2,16,17,22). The Hall–Kier alpha value is -2.15. The Bertz CT molecular complexity index is 560. The summed E-state index contributed by atoms with van der Waals surface area (Å²) in [6, 6.07) is 6.23. The number of hydrogen-bond acceptors (Lipinski definition) is 5. The SMILES string of the molecule is COC(=O)c1ccccc1NC(=S)NC(C(=O)OC)C(C)C. The molecule has 0 aliphatic rings. The zero-order valence-corrected chi connectivity index (χ0v) is 13.8. The van der Waals surface area contributed by atoms with Crippen LogP contribution >= 0.6 is 12.2 Å². The van der Waals surface area contributed by atoms with E-state index in [1.807, 2.05) is 13.8 Å². The third-order valence-electron chi connectivity index (χ3n) is 2.99. The molecule has 120 valence electrons. The summed E-state index contributed by atoms with van der Waals surface area (Å²) in [5, 5.41) is 6.02. The van der Waals surface area contributed by atoms with Crippen molar-refractivity contribution < 1.29 is 19.1 Å². The molecular weight excluding hydrogens is 304 g/mol. The summed E-state index contributed by atoms with van der Waals surface area (Å²) in [6.07, 6.45) is 0. The summed E-state index contributed by atoms with van der Waals surface area (Å²) in [5.74, 6) is -0.886. The second kappa shape index (κ2) is 8.33. The van der Waals surface area contributed by atoms with E-state index in [0.29, 0.717) is 11.3 Å². The van der Waals surface area contributed by atoms with Crippen LogP contribution < -0.4 is 10.6 Å². The minimum atomic E-state index is -0.574. The van der Waals surface area contributed by atoms with Gasteiger partial charge < -0.3 is 20.1 Å². The zero-order valence-electron chi connectivity index (χ0n) is 13.0. The summed E-state index contributed by atoms with van der Waals surface area (Å²) >= 11 is 5.20. The van der Waals surface area contributed by atoms with Crippen molar-refractivity contribution in [1.82, 2.24) is 5.32 Å². The molecule has 0 aromatic heterocycles. The van der Waals surface area contributed by atoms with Gasteiger partial charge in [0.25, 0.3) is 0 Å². The maximum atomic E-state index is 11.7. The normalized spacial score (nSPS) is 11.5. The first-order valence-corrected chi connectivity index (χ1v) is 7.14. The highest BCUT2D eigenvalue weighted by atomic mass is 32.1. The van der Waals surface area contributed by atoms with Crippen molar-refractivity contribution in [3.63, 3.8) is 0 Å². The van der Waals surface area contributed by atoms with Crippen molar-refractivity contribution in [2.45, 2.75) is 19.9 Å². The predicted molar refractivity (Wildman–Crippen MR) is 87.8 cm³/mol. The molecule has 0 aliphatic heterocycles. The van der Waals surface area contributed by atoms with Crippen LogP contribution in [0, 0.1) is 5.92 Å². The maximum absolute atomic E-state index is 11.7. The average Bonchev–Trinajstić information content (AvgIpc) is 2.51. The largest absolute Gasteiger partial charge is 0.467 e. The molecule has 1 unspecified atom stereocenters. The summed E-state index contributed by atoms with van der Waals surface area (Å²) in [4.78, 5) is 23.4. The van der Waals surface area contributed by atoms with E-state index in [2.05, 4.69) is 10.6 Å². The first-order chi connectivity index (χ1) is 10.4. The van der Waals surface area contributed by atoms with Crippen LogP contribution in [0.5, 0.6) is 0 Å². The Kier molecular flexibility index (Phi) is 6.78. The van der Waals surface area contributed by atoms with Gasteiger partial charge in [-0.2, -0.15) is 0 Å². The minimum absolute atomic E-state index is 0.0111. The van der Waals surface area contributed by atoms with E-state index in [4.69, 9.17) is 21.7 Å². The Balaban J connectivity index is 2.85. The van der Waals surface area contributed by atoms with E-state index in [9.17, 15) is 9.59 Å². The van der Waals surface area contributed by atoms with Gasteiger partial charge in [-0.1, -0.05) is 26.0 Å². The fourth-order valence-corrected chi connectivity index (χ4v) is 2.04. The molecule has 1 atom stereocenters. The number of anilines is 1. The first kappa shape index (κ1) is 17.9. The Morgan fingerprint density at radius 2 is 1.77 bits per heavy atom. The van der Waals surface area contributed by atoms with Gasteiger partial charge in [0, 0.05) is 0 Å². The third-order valence-corrected chi connectivity index (χ3v) is 3.21. The van der Waals surface area contributed by atoms with E-state index in [0.717, 1.165) is 0 Å². The van der Waals surface area contributed by atoms with Gasteiger partial charge in [-0.3, -0.25) is 0 Å². The predicted octanol–water partition coefficient (Wildman–Crippen LogP) is 1.96. The second-order valence-corrected chi connectivity index (χ2v) is 5.29. The lowest BCUT2D eigenvalue weighted by molar-refractivity contribution is -0.143. The number of rotatable bonds is 5. The Labute approximate surface area is 135 Å². The molecule has 0 saturated heterocycles. The molecule has 0 aliphatic carbocycles. The van der Waals surface area contributed by atoms with Crippen molar-refractivity contribution >= 4 is 35.0 Å². The van der Waals surface area contributed by atoms with Crippen LogP contribution in [0.2, 0.25) is 0 Å². The highest BCUT2D eigenvalue weighted by molar-refractivity contribution is 7.80. The lowest BCUT2D eigenvalue weighted by Gasteiger charge is -2.22. The molecule has 0 heterocycles. The van der Waals surface area contributed by atoms with Gasteiger partial charge in [0.15, 0.2) is 5.11 Å². The molecule has 0 bridgehead atoms.